The minimum atomic E-state index is -2.49. The highest BCUT2D eigenvalue weighted by atomic mass is 19.3. The molecule has 0 spiro atoms. The van der Waals surface area contributed by atoms with Crippen LogP contribution in [0, 0.1) is 0 Å². The van der Waals surface area contributed by atoms with E-state index in [1.807, 2.05) is 22.9 Å². The molecule has 0 atom stereocenters. The molecule has 0 amide bonds. The third-order valence-electron chi connectivity index (χ3n) is 4.02. The number of hydrogen-bond donors (Lipinski definition) is 0. The monoisotopic (exact) mass is 336 g/mol. The molecule has 0 radical (unpaired) electrons. The molecule has 0 fully saturated rings. The van der Waals surface area contributed by atoms with Crippen molar-refractivity contribution in [2.75, 3.05) is 0 Å². The first kappa shape index (κ1) is 15.4. The lowest BCUT2D eigenvalue weighted by Crippen LogP contribution is -2.01. The van der Waals surface area contributed by atoms with Crippen molar-refractivity contribution in [2.45, 2.75) is 13.0 Å². The maximum absolute atomic E-state index is 12.9. The van der Waals surface area contributed by atoms with Crippen molar-refractivity contribution in [1.29, 1.82) is 0 Å². The van der Waals surface area contributed by atoms with Gasteiger partial charge in [0.15, 0.2) is 0 Å². The van der Waals surface area contributed by atoms with Gasteiger partial charge >= 0.3 is 0 Å². The molecule has 4 aromatic rings. The van der Waals surface area contributed by atoms with Crippen LogP contribution < -0.4 is 0 Å². The van der Waals surface area contributed by atoms with Gasteiger partial charge < -0.3 is 0 Å². The van der Waals surface area contributed by atoms with Crippen LogP contribution in [0.3, 0.4) is 0 Å². The number of rotatable bonds is 4. The van der Waals surface area contributed by atoms with E-state index < -0.39 is 6.43 Å². The molecule has 0 saturated heterocycles. The highest BCUT2D eigenvalue weighted by molar-refractivity contribution is 5.80. The highest BCUT2D eigenvalue weighted by Crippen LogP contribution is 2.27. The average molecular weight is 336 g/mol. The Morgan fingerprint density at radius 1 is 0.960 bits per heavy atom. The first-order valence-electron chi connectivity index (χ1n) is 7.79. The van der Waals surface area contributed by atoms with E-state index in [0.717, 1.165) is 22.2 Å². The summed E-state index contributed by atoms with van der Waals surface area (Å²) in [6.45, 7) is 0.569. The maximum atomic E-state index is 12.9. The number of benzene rings is 1. The molecule has 0 aliphatic carbocycles. The number of alkyl halides is 2. The Morgan fingerprint density at radius 2 is 1.88 bits per heavy atom. The predicted octanol–water partition coefficient (Wildman–Crippen LogP) is 4.48. The Balaban J connectivity index is 1.74. The molecule has 0 bridgehead atoms. The summed E-state index contributed by atoms with van der Waals surface area (Å²) >= 11 is 0. The number of halogens is 2. The van der Waals surface area contributed by atoms with Gasteiger partial charge in [-0.25, -0.2) is 8.78 Å². The van der Waals surface area contributed by atoms with Crippen LogP contribution in [-0.2, 0) is 6.54 Å². The first-order chi connectivity index (χ1) is 12.2. The minimum Gasteiger partial charge on any atom is -0.264 e. The van der Waals surface area contributed by atoms with Crippen molar-refractivity contribution < 1.29 is 8.78 Å². The molecule has 124 valence electrons. The number of nitrogens with zero attached hydrogens (tertiary/aromatic N) is 4. The lowest BCUT2D eigenvalue weighted by molar-refractivity contribution is 0.151. The largest absolute Gasteiger partial charge is 0.264 e. The lowest BCUT2D eigenvalue weighted by Gasteiger charge is -2.07. The Kier molecular flexibility index (Phi) is 3.93. The lowest BCUT2D eigenvalue weighted by atomic mass is 10.0. The van der Waals surface area contributed by atoms with Crippen molar-refractivity contribution in [3.63, 3.8) is 0 Å². The summed E-state index contributed by atoms with van der Waals surface area (Å²) in [6, 6.07) is 12.1. The Morgan fingerprint density at radius 3 is 2.68 bits per heavy atom. The number of aromatic nitrogens is 4. The summed E-state index contributed by atoms with van der Waals surface area (Å²) in [5.41, 5.74) is 4.13. The number of fused-ring (bicyclic) bond motifs is 1. The zero-order valence-corrected chi connectivity index (χ0v) is 13.2. The van der Waals surface area contributed by atoms with Crippen LogP contribution in [0.5, 0.6) is 0 Å². The van der Waals surface area contributed by atoms with E-state index in [0.29, 0.717) is 12.1 Å². The summed E-state index contributed by atoms with van der Waals surface area (Å²) in [6.07, 6.45) is 4.40. The van der Waals surface area contributed by atoms with E-state index in [9.17, 15) is 8.78 Å². The van der Waals surface area contributed by atoms with E-state index in [2.05, 4.69) is 15.1 Å². The van der Waals surface area contributed by atoms with Crippen LogP contribution in [0.15, 0.2) is 67.3 Å². The quantitative estimate of drug-likeness (QED) is 0.552. The Labute approximate surface area is 142 Å². The molecule has 4 nitrogen and oxygen atoms in total. The van der Waals surface area contributed by atoms with Crippen LogP contribution in [0.2, 0.25) is 0 Å². The van der Waals surface area contributed by atoms with Gasteiger partial charge in [0.05, 0.1) is 18.3 Å². The normalized spacial score (nSPS) is 11.3. The van der Waals surface area contributed by atoms with Crippen molar-refractivity contribution in [1.82, 2.24) is 19.7 Å². The van der Waals surface area contributed by atoms with E-state index in [1.165, 1.54) is 12.1 Å². The Hall–Kier alpha value is -3.15. The minimum absolute atomic E-state index is 0.00136. The van der Waals surface area contributed by atoms with Gasteiger partial charge in [0.1, 0.15) is 5.52 Å². The molecule has 6 heteroatoms. The van der Waals surface area contributed by atoms with Crippen LogP contribution in [0.4, 0.5) is 8.78 Å². The van der Waals surface area contributed by atoms with E-state index in [1.54, 1.807) is 36.9 Å². The summed E-state index contributed by atoms with van der Waals surface area (Å²) in [4.78, 5) is 8.52. The van der Waals surface area contributed by atoms with Crippen LogP contribution in [-0.4, -0.2) is 19.7 Å². The third kappa shape index (κ3) is 3.10. The average Bonchev–Trinajstić information content (AvgIpc) is 3.05. The zero-order valence-electron chi connectivity index (χ0n) is 13.2. The maximum Gasteiger partial charge on any atom is 0.263 e. The molecular formula is C19H14F2N4. The van der Waals surface area contributed by atoms with Crippen LogP contribution in [0.25, 0.3) is 22.2 Å². The summed E-state index contributed by atoms with van der Waals surface area (Å²) < 4.78 is 27.7. The third-order valence-corrected chi connectivity index (χ3v) is 4.02. The van der Waals surface area contributed by atoms with E-state index >= 15 is 0 Å². The molecular weight excluding hydrogens is 322 g/mol. The number of pyridine rings is 2. The molecule has 0 N–H and O–H groups in total. The van der Waals surface area contributed by atoms with Gasteiger partial charge in [-0.05, 0) is 29.3 Å². The van der Waals surface area contributed by atoms with Gasteiger partial charge in [-0.1, -0.05) is 24.3 Å². The van der Waals surface area contributed by atoms with Crippen molar-refractivity contribution in [3.05, 3.63) is 78.4 Å². The smallest absolute Gasteiger partial charge is 0.263 e. The van der Waals surface area contributed by atoms with Crippen LogP contribution in [0.1, 0.15) is 17.6 Å². The topological polar surface area (TPSA) is 43.6 Å². The molecule has 3 heterocycles. The van der Waals surface area contributed by atoms with Crippen molar-refractivity contribution >= 4 is 11.0 Å². The molecule has 25 heavy (non-hydrogen) atoms. The summed E-state index contributed by atoms with van der Waals surface area (Å²) in [5.74, 6) is 0. The molecule has 4 rings (SSSR count). The molecule has 0 aliphatic rings. The predicted molar refractivity (Wildman–Crippen MR) is 91.3 cm³/mol. The molecule has 1 aromatic carbocycles. The van der Waals surface area contributed by atoms with Crippen molar-refractivity contribution in [2.24, 2.45) is 0 Å². The standard InChI is InChI=1S/C19H14F2N4/c20-19(21)15-5-1-4-14(7-15)16-8-18-17(23-10-16)11-24-25(18)12-13-3-2-6-22-9-13/h1-11,19H,12H2. The second-order valence-corrected chi connectivity index (χ2v) is 5.72. The fourth-order valence-corrected chi connectivity index (χ4v) is 2.76. The van der Waals surface area contributed by atoms with Gasteiger partial charge in [0.2, 0.25) is 0 Å². The molecule has 0 saturated carbocycles. The fraction of sp³-hybridized carbons (Fsp3) is 0.105. The van der Waals surface area contributed by atoms with Gasteiger partial charge in [0, 0.05) is 29.7 Å². The SMILES string of the molecule is FC(F)c1cccc(-c2cnc3cnn(Cc4cccnc4)c3c2)c1. The number of hydrogen-bond acceptors (Lipinski definition) is 3. The first-order valence-corrected chi connectivity index (χ1v) is 7.79. The molecule has 3 aromatic heterocycles. The second-order valence-electron chi connectivity index (χ2n) is 5.72. The van der Waals surface area contributed by atoms with Gasteiger partial charge in [-0.3, -0.25) is 14.6 Å². The summed E-state index contributed by atoms with van der Waals surface area (Å²) in [7, 11) is 0. The summed E-state index contributed by atoms with van der Waals surface area (Å²) in [5, 5.41) is 4.38. The molecule has 0 unspecified atom stereocenters. The second kappa shape index (κ2) is 6.39. The highest BCUT2D eigenvalue weighted by Gasteiger charge is 2.10. The van der Waals surface area contributed by atoms with E-state index in [4.69, 9.17) is 0 Å². The fourth-order valence-electron chi connectivity index (χ4n) is 2.76. The van der Waals surface area contributed by atoms with Gasteiger partial charge in [0.25, 0.3) is 6.43 Å². The van der Waals surface area contributed by atoms with E-state index in [-0.39, 0.29) is 5.56 Å². The molecule has 0 aliphatic heterocycles. The van der Waals surface area contributed by atoms with Gasteiger partial charge in [-0.15, -0.1) is 0 Å². The zero-order chi connectivity index (χ0) is 17.2. The van der Waals surface area contributed by atoms with Gasteiger partial charge in [-0.2, -0.15) is 5.10 Å². The van der Waals surface area contributed by atoms with Crippen LogP contribution >= 0.6 is 0 Å². The Bertz CT molecular complexity index is 1010. The van der Waals surface area contributed by atoms with Crippen molar-refractivity contribution in [3.8, 4) is 11.1 Å².